The minimum atomic E-state index is -0.129. The number of halogens is 1. The first-order valence-electron chi connectivity index (χ1n) is 9.55. The molecule has 1 heterocycles. The van der Waals surface area contributed by atoms with E-state index in [9.17, 15) is 4.79 Å². The Bertz CT molecular complexity index is 1020. The Morgan fingerprint density at radius 2 is 1.87 bits per heavy atom. The predicted molar refractivity (Wildman–Crippen MR) is 114 cm³/mol. The van der Waals surface area contributed by atoms with E-state index in [1.807, 2.05) is 19.9 Å². The van der Waals surface area contributed by atoms with Crippen LogP contribution in [0.2, 0.25) is 5.02 Å². The fourth-order valence-electron chi connectivity index (χ4n) is 3.05. The van der Waals surface area contributed by atoms with Gasteiger partial charge < -0.3 is 18.9 Å². The van der Waals surface area contributed by atoms with Gasteiger partial charge in [0.1, 0.15) is 0 Å². The van der Waals surface area contributed by atoms with Crippen LogP contribution in [-0.2, 0) is 6.42 Å². The second kappa shape index (κ2) is 9.63. The summed E-state index contributed by atoms with van der Waals surface area (Å²) in [5.41, 5.74) is 1.22. The van der Waals surface area contributed by atoms with Crippen LogP contribution in [-0.4, -0.2) is 47.8 Å². The van der Waals surface area contributed by atoms with Crippen molar-refractivity contribution in [1.82, 2.24) is 15.0 Å². The molecule has 0 N–H and O–H groups in total. The summed E-state index contributed by atoms with van der Waals surface area (Å²) < 4.78 is 16.0. The predicted octanol–water partition coefficient (Wildman–Crippen LogP) is 4.50. The van der Waals surface area contributed by atoms with Crippen molar-refractivity contribution < 1.29 is 18.8 Å². The van der Waals surface area contributed by atoms with Crippen molar-refractivity contribution in [2.75, 3.05) is 20.8 Å². The monoisotopic (exact) mass is 429 g/mol. The molecule has 0 bridgehead atoms. The maximum Gasteiger partial charge on any atom is 0.255 e. The van der Waals surface area contributed by atoms with E-state index in [0.29, 0.717) is 46.8 Å². The Hall–Kier alpha value is -3.06. The van der Waals surface area contributed by atoms with Gasteiger partial charge in [-0.25, -0.2) is 0 Å². The third-order valence-corrected chi connectivity index (χ3v) is 4.99. The van der Waals surface area contributed by atoms with Crippen molar-refractivity contribution in [3.05, 3.63) is 58.9 Å². The van der Waals surface area contributed by atoms with Crippen molar-refractivity contribution in [1.29, 1.82) is 0 Å². The van der Waals surface area contributed by atoms with E-state index in [4.69, 9.17) is 25.6 Å². The zero-order chi connectivity index (χ0) is 21.7. The molecular weight excluding hydrogens is 406 g/mol. The lowest BCUT2D eigenvalue weighted by molar-refractivity contribution is 0.0704. The topological polar surface area (TPSA) is 77.7 Å². The van der Waals surface area contributed by atoms with Gasteiger partial charge in [0.25, 0.3) is 5.91 Å². The standard InChI is InChI=1S/C22H24ClN3O4/c1-14(2)26(22(27)16-7-5-6-8-17(16)23)12-11-20-24-21(25-30-20)15-9-10-18(28-3)19(13-15)29-4/h5-10,13-14H,11-12H2,1-4H3. The lowest BCUT2D eigenvalue weighted by Crippen LogP contribution is -2.38. The third kappa shape index (κ3) is 4.74. The Labute approximate surface area is 180 Å². The SMILES string of the molecule is COc1ccc(-c2noc(CCN(C(=O)c3ccccc3Cl)C(C)C)n2)cc1OC. The molecule has 0 aliphatic rings. The Morgan fingerprint density at radius 1 is 1.13 bits per heavy atom. The first kappa shape index (κ1) is 21.6. The van der Waals surface area contributed by atoms with E-state index < -0.39 is 0 Å². The van der Waals surface area contributed by atoms with Crippen molar-refractivity contribution in [3.63, 3.8) is 0 Å². The van der Waals surface area contributed by atoms with Gasteiger partial charge in [-0.15, -0.1) is 0 Å². The van der Waals surface area contributed by atoms with Crippen LogP contribution in [0, 0.1) is 0 Å². The van der Waals surface area contributed by atoms with E-state index in [2.05, 4.69) is 10.1 Å². The number of carbonyl (C=O) groups is 1. The van der Waals surface area contributed by atoms with Crippen LogP contribution in [0.5, 0.6) is 11.5 Å². The number of rotatable bonds is 8. The van der Waals surface area contributed by atoms with Crippen molar-refractivity contribution >= 4 is 17.5 Å². The zero-order valence-electron chi connectivity index (χ0n) is 17.4. The fourth-order valence-corrected chi connectivity index (χ4v) is 3.27. The quantitative estimate of drug-likeness (QED) is 0.524. The second-order valence-electron chi connectivity index (χ2n) is 6.90. The van der Waals surface area contributed by atoms with Crippen molar-refractivity contribution in [2.45, 2.75) is 26.3 Å². The number of ether oxygens (including phenoxy) is 2. The van der Waals surface area contributed by atoms with Gasteiger partial charge >= 0.3 is 0 Å². The molecule has 1 aromatic heterocycles. The van der Waals surface area contributed by atoms with Gasteiger partial charge in [-0.2, -0.15) is 4.98 Å². The van der Waals surface area contributed by atoms with E-state index >= 15 is 0 Å². The van der Waals surface area contributed by atoms with Crippen molar-refractivity contribution in [2.24, 2.45) is 0 Å². The molecule has 0 unspecified atom stereocenters. The molecule has 30 heavy (non-hydrogen) atoms. The second-order valence-corrected chi connectivity index (χ2v) is 7.31. The number of aromatic nitrogens is 2. The molecule has 2 aromatic carbocycles. The Balaban J connectivity index is 1.73. The third-order valence-electron chi connectivity index (χ3n) is 4.66. The van der Waals surface area contributed by atoms with Gasteiger partial charge in [-0.3, -0.25) is 4.79 Å². The number of nitrogens with zero attached hydrogens (tertiary/aromatic N) is 3. The normalized spacial score (nSPS) is 10.9. The Morgan fingerprint density at radius 3 is 2.53 bits per heavy atom. The summed E-state index contributed by atoms with van der Waals surface area (Å²) in [6.45, 7) is 4.34. The molecule has 1 amide bonds. The first-order valence-corrected chi connectivity index (χ1v) is 9.93. The van der Waals surface area contributed by atoms with E-state index in [0.717, 1.165) is 5.56 Å². The van der Waals surface area contributed by atoms with Gasteiger partial charge in [0.15, 0.2) is 11.5 Å². The van der Waals surface area contributed by atoms with Gasteiger partial charge in [0, 0.05) is 24.6 Å². The highest BCUT2D eigenvalue weighted by Gasteiger charge is 2.22. The summed E-state index contributed by atoms with van der Waals surface area (Å²) in [5, 5.41) is 4.48. The minimum absolute atomic E-state index is 0.0120. The lowest BCUT2D eigenvalue weighted by Gasteiger charge is -2.26. The zero-order valence-corrected chi connectivity index (χ0v) is 18.1. The summed E-state index contributed by atoms with van der Waals surface area (Å²) in [7, 11) is 3.15. The number of carbonyl (C=O) groups excluding carboxylic acids is 1. The minimum Gasteiger partial charge on any atom is -0.493 e. The smallest absolute Gasteiger partial charge is 0.255 e. The maximum absolute atomic E-state index is 12.9. The molecule has 0 fully saturated rings. The largest absolute Gasteiger partial charge is 0.493 e. The fraction of sp³-hybridized carbons (Fsp3) is 0.318. The Kier molecular flexibility index (Phi) is 6.95. The van der Waals surface area contributed by atoms with Gasteiger partial charge in [-0.1, -0.05) is 28.9 Å². The van der Waals surface area contributed by atoms with E-state index in [1.165, 1.54) is 0 Å². The molecule has 0 aliphatic heterocycles. The summed E-state index contributed by atoms with van der Waals surface area (Å²) in [6.07, 6.45) is 0.425. The summed E-state index contributed by atoms with van der Waals surface area (Å²) >= 11 is 6.19. The number of benzene rings is 2. The van der Waals surface area contributed by atoms with Crippen LogP contribution in [0.4, 0.5) is 0 Å². The van der Waals surface area contributed by atoms with Gasteiger partial charge in [0.2, 0.25) is 11.7 Å². The summed E-state index contributed by atoms with van der Waals surface area (Å²) in [4.78, 5) is 19.1. The molecule has 7 nitrogen and oxygen atoms in total. The highest BCUT2D eigenvalue weighted by molar-refractivity contribution is 6.33. The highest BCUT2D eigenvalue weighted by atomic mass is 35.5. The molecule has 8 heteroatoms. The van der Waals surface area contributed by atoms with Crippen LogP contribution in [0.15, 0.2) is 47.0 Å². The average Bonchev–Trinajstić information content (AvgIpc) is 3.22. The maximum atomic E-state index is 12.9. The molecule has 0 saturated carbocycles. The van der Waals surface area contributed by atoms with Crippen LogP contribution < -0.4 is 9.47 Å². The average molecular weight is 430 g/mol. The van der Waals surface area contributed by atoms with Gasteiger partial charge in [-0.05, 0) is 44.2 Å². The van der Waals surface area contributed by atoms with Gasteiger partial charge in [0.05, 0.1) is 24.8 Å². The number of methoxy groups -OCH3 is 2. The molecule has 0 saturated heterocycles. The molecule has 3 aromatic rings. The molecule has 0 spiro atoms. The highest BCUT2D eigenvalue weighted by Crippen LogP contribution is 2.31. The van der Waals surface area contributed by atoms with E-state index in [-0.39, 0.29) is 11.9 Å². The molecule has 0 radical (unpaired) electrons. The number of amides is 1. The van der Waals surface area contributed by atoms with Crippen LogP contribution >= 0.6 is 11.6 Å². The first-order chi connectivity index (χ1) is 14.4. The molecule has 158 valence electrons. The van der Waals surface area contributed by atoms with Crippen LogP contribution in [0.25, 0.3) is 11.4 Å². The summed E-state index contributed by atoms with van der Waals surface area (Å²) in [5.74, 6) is 1.96. The molecular formula is C22H24ClN3O4. The van der Waals surface area contributed by atoms with Crippen LogP contribution in [0.3, 0.4) is 0 Å². The van der Waals surface area contributed by atoms with Crippen molar-refractivity contribution in [3.8, 4) is 22.9 Å². The molecule has 0 atom stereocenters. The molecule has 3 rings (SSSR count). The molecule has 0 aliphatic carbocycles. The van der Waals surface area contributed by atoms with E-state index in [1.54, 1.807) is 55.5 Å². The number of hydrogen-bond acceptors (Lipinski definition) is 6. The lowest BCUT2D eigenvalue weighted by atomic mass is 10.1. The number of hydrogen-bond donors (Lipinski definition) is 0. The van der Waals surface area contributed by atoms with Crippen LogP contribution in [0.1, 0.15) is 30.1 Å². The summed E-state index contributed by atoms with van der Waals surface area (Å²) in [6, 6.07) is 12.4.